The first-order valence-corrected chi connectivity index (χ1v) is 11.6. The number of nitrogens with one attached hydrogen (secondary N) is 2. The predicted octanol–water partition coefficient (Wildman–Crippen LogP) is 4.35. The molecule has 0 radical (unpaired) electrons. The van der Waals surface area contributed by atoms with Crippen molar-refractivity contribution in [1.29, 1.82) is 0 Å². The molecule has 0 aliphatic heterocycles. The van der Waals surface area contributed by atoms with Crippen molar-refractivity contribution in [2.24, 2.45) is 0 Å². The van der Waals surface area contributed by atoms with E-state index in [1.165, 1.54) is 30.3 Å². The van der Waals surface area contributed by atoms with Gasteiger partial charge in [-0.05, 0) is 64.1 Å². The lowest BCUT2D eigenvalue weighted by Crippen LogP contribution is -2.42. The van der Waals surface area contributed by atoms with E-state index in [4.69, 9.17) is 0 Å². The van der Waals surface area contributed by atoms with Gasteiger partial charge in [-0.3, -0.25) is 14.4 Å². The van der Waals surface area contributed by atoms with E-state index in [0.717, 1.165) is 12.1 Å². The number of amides is 1. The van der Waals surface area contributed by atoms with E-state index in [9.17, 15) is 26.4 Å². The number of benzene rings is 2. The summed E-state index contributed by atoms with van der Waals surface area (Å²) < 4.78 is 66.1. The van der Waals surface area contributed by atoms with Crippen molar-refractivity contribution >= 4 is 21.6 Å². The summed E-state index contributed by atoms with van der Waals surface area (Å²) in [6.07, 6.45) is -4.60. The largest absolute Gasteiger partial charge is 0.416 e. The van der Waals surface area contributed by atoms with Gasteiger partial charge in [0.05, 0.1) is 10.5 Å². The Kier molecular flexibility index (Phi) is 8.30. The Morgan fingerprint density at radius 2 is 1.62 bits per heavy atom. The molecule has 0 fully saturated rings. The first-order chi connectivity index (χ1) is 14.8. The fourth-order valence-corrected chi connectivity index (χ4v) is 4.39. The third-order valence-corrected chi connectivity index (χ3v) is 6.21. The average molecular weight is 472 g/mol. The van der Waals surface area contributed by atoms with E-state index in [-0.39, 0.29) is 16.1 Å². The molecule has 32 heavy (non-hydrogen) atoms. The standard InChI is InChI=1S/C22H28F3N3O3S/c1-15(2)28(16(3)4)12-11-26-21(29)17-7-5-10-20(13-17)32(30,31)27-19-9-6-8-18(14-19)22(23,24)25/h5-10,13-16,27H,11-12H2,1-4H3,(H,26,29). The van der Waals surface area contributed by atoms with E-state index in [1.54, 1.807) is 0 Å². The normalized spacial score (nSPS) is 12.4. The number of rotatable bonds is 9. The van der Waals surface area contributed by atoms with Gasteiger partial charge in [0.15, 0.2) is 0 Å². The molecule has 0 heterocycles. The quantitative estimate of drug-likeness (QED) is 0.570. The van der Waals surface area contributed by atoms with Crippen molar-refractivity contribution in [3.05, 3.63) is 59.7 Å². The van der Waals surface area contributed by atoms with Gasteiger partial charge in [-0.1, -0.05) is 12.1 Å². The van der Waals surface area contributed by atoms with Crippen LogP contribution in [-0.2, 0) is 16.2 Å². The molecular weight excluding hydrogens is 443 g/mol. The van der Waals surface area contributed by atoms with Gasteiger partial charge in [-0.2, -0.15) is 13.2 Å². The summed E-state index contributed by atoms with van der Waals surface area (Å²) in [6.45, 7) is 9.27. The van der Waals surface area contributed by atoms with Crippen LogP contribution in [0.25, 0.3) is 0 Å². The molecule has 2 rings (SSSR count). The Morgan fingerprint density at radius 3 is 2.22 bits per heavy atom. The Hall–Kier alpha value is -2.59. The Labute approximate surface area is 186 Å². The van der Waals surface area contributed by atoms with Crippen molar-refractivity contribution in [3.8, 4) is 0 Å². The van der Waals surface area contributed by atoms with Gasteiger partial charge in [0, 0.05) is 36.4 Å². The van der Waals surface area contributed by atoms with Gasteiger partial charge >= 0.3 is 6.18 Å². The molecule has 6 nitrogen and oxygen atoms in total. The van der Waals surface area contributed by atoms with Gasteiger partial charge in [0.1, 0.15) is 0 Å². The van der Waals surface area contributed by atoms with Crippen LogP contribution < -0.4 is 10.0 Å². The predicted molar refractivity (Wildman–Crippen MR) is 118 cm³/mol. The highest BCUT2D eigenvalue weighted by atomic mass is 32.2. The van der Waals surface area contributed by atoms with Crippen molar-refractivity contribution in [2.75, 3.05) is 17.8 Å². The lowest BCUT2D eigenvalue weighted by atomic mass is 10.2. The van der Waals surface area contributed by atoms with Crippen LogP contribution in [0, 0.1) is 0 Å². The van der Waals surface area contributed by atoms with Crippen LogP contribution in [0.1, 0.15) is 43.6 Å². The molecular formula is C22H28F3N3O3S. The first kappa shape index (κ1) is 25.7. The second-order valence-corrected chi connectivity index (χ2v) is 9.58. The number of hydrogen-bond acceptors (Lipinski definition) is 4. The molecule has 0 aromatic heterocycles. The van der Waals surface area contributed by atoms with Crippen molar-refractivity contribution in [3.63, 3.8) is 0 Å². The number of hydrogen-bond donors (Lipinski definition) is 2. The maximum absolute atomic E-state index is 12.9. The lowest BCUT2D eigenvalue weighted by Gasteiger charge is -2.30. The minimum atomic E-state index is -4.60. The Balaban J connectivity index is 2.12. The minimum absolute atomic E-state index is 0.137. The fourth-order valence-electron chi connectivity index (χ4n) is 3.29. The topological polar surface area (TPSA) is 78.5 Å². The minimum Gasteiger partial charge on any atom is -0.351 e. The average Bonchev–Trinajstić information content (AvgIpc) is 2.69. The van der Waals surface area contributed by atoms with Crippen LogP contribution in [0.5, 0.6) is 0 Å². The lowest BCUT2D eigenvalue weighted by molar-refractivity contribution is -0.137. The fraction of sp³-hybridized carbons (Fsp3) is 0.409. The van der Waals surface area contributed by atoms with E-state index in [0.29, 0.717) is 31.2 Å². The number of nitrogens with zero attached hydrogens (tertiary/aromatic N) is 1. The number of halogens is 3. The molecule has 10 heteroatoms. The molecule has 0 atom stereocenters. The summed E-state index contributed by atoms with van der Waals surface area (Å²) in [4.78, 5) is 14.5. The van der Waals surface area contributed by atoms with Crippen molar-refractivity contribution < 1.29 is 26.4 Å². The molecule has 1 amide bonds. The summed E-state index contributed by atoms with van der Waals surface area (Å²) in [5.41, 5.74) is -1.06. The van der Waals surface area contributed by atoms with Gasteiger partial charge in [0.25, 0.3) is 15.9 Å². The SMILES string of the molecule is CC(C)N(CCNC(=O)c1cccc(S(=O)(=O)Nc2cccc(C(F)(F)F)c2)c1)C(C)C. The third kappa shape index (κ3) is 6.96. The number of sulfonamides is 1. The van der Waals surface area contributed by atoms with Crippen LogP contribution in [0.15, 0.2) is 53.4 Å². The first-order valence-electron chi connectivity index (χ1n) is 10.2. The molecule has 2 N–H and O–H groups in total. The smallest absolute Gasteiger partial charge is 0.351 e. The number of alkyl halides is 3. The van der Waals surface area contributed by atoms with Crippen molar-refractivity contribution in [1.82, 2.24) is 10.2 Å². The highest BCUT2D eigenvalue weighted by Gasteiger charge is 2.30. The molecule has 0 spiro atoms. The van der Waals surface area contributed by atoms with E-state index in [1.807, 2.05) is 0 Å². The van der Waals surface area contributed by atoms with E-state index >= 15 is 0 Å². The highest BCUT2D eigenvalue weighted by molar-refractivity contribution is 7.92. The zero-order chi connectivity index (χ0) is 24.1. The van der Waals surface area contributed by atoms with Crippen LogP contribution in [0.3, 0.4) is 0 Å². The van der Waals surface area contributed by atoms with Gasteiger partial charge < -0.3 is 5.32 Å². The summed E-state index contributed by atoms with van der Waals surface area (Å²) in [5.74, 6) is -0.436. The number of carbonyl (C=O) groups excluding carboxylic acids is 1. The van der Waals surface area contributed by atoms with E-state index in [2.05, 4.69) is 42.6 Å². The zero-order valence-corrected chi connectivity index (χ0v) is 19.2. The summed E-state index contributed by atoms with van der Waals surface area (Å²) in [6, 6.07) is 9.85. The van der Waals surface area contributed by atoms with Crippen LogP contribution in [0.2, 0.25) is 0 Å². The maximum Gasteiger partial charge on any atom is 0.416 e. The molecule has 0 aliphatic carbocycles. The molecule has 0 unspecified atom stereocenters. The van der Waals surface area contributed by atoms with Gasteiger partial charge in [0.2, 0.25) is 0 Å². The molecule has 2 aromatic rings. The molecule has 2 aromatic carbocycles. The summed E-state index contributed by atoms with van der Waals surface area (Å²) >= 11 is 0. The van der Waals surface area contributed by atoms with Crippen LogP contribution in [0.4, 0.5) is 18.9 Å². The van der Waals surface area contributed by atoms with E-state index < -0.39 is 27.7 Å². The molecule has 0 saturated carbocycles. The second kappa shape index (κ2) is 10.4. The maximum atomic E-state index is 12.9. The van der Waals surface area contributed by atoms with Gasteiger partial charge in [-0.15, -0.1) is 0 Å². The van der Waals surface area contributed by atoms with Crippen molar-refractivity contribution in [2.45, 2.75) is 50.9 Å². The van der Waals surface area contributed by atoms with Crippen LogP contribution in [-0.4, -0.2) is 44.4 Å². The Bertz CT molecular complexity index is 1030. The second-order valence-electron chi connectivity index (χ2n) is 7.89. The summed E-state index contributed by atoms with van der Waals surface area (Å²) in [5, 5.41) is 2.77. The third-order valence-electron chi connectivity index (χ3n) is 4.83. The monoisotopic (exact) mass is 471 g/mol. The number of anilines is 1. The zero-order valence-electron chi connectivity index (χ0n) is 18.4. The molecule has 0 bridgehead atoms. The highest BCUT2D eigenvalue weighted by Crippen LogP contribution is 2.31. The summed E-state index contributed by atoms with van der Waals surface area (Å²) in [7, 11) is -4.19. The van der Waals surface area contributed by atoms with Crippen LogP contribution >= 0.6 is 0 Å². The Morgan fingerprint density at radius 1 is 1.00 bits per heavy atom. The van der Waals surface area contributed by atoms with Gasteiger partial charge in [-0.25, -0.2) is 8.42 Å². The molecule has 0 saturated heterocycles. The number of carbonyl (C=O) groups is 1. The molecule has 176 valence electrons. The molecule has 0 aliphatic rings.